The van der Waals surface area contributed by atoms with Gasteiger partial charge < -0.3 is 0 Å². The number of hydrogen-bond acceptors (Lipinski definition) is 10. The molecule has 0 fully saturated rings. The Morgan fingerprint density at radius 1 is 0.364 bits per heavy atom. The predicted octanol–water partition coefficient (Wildman–Crippen LogP) is 6.48. The minimum absolute atomic E-state index is 4.51. The molecule has 0 heterocycles. The first kappa shape index (κ1) is 13.7. The summed E-state index contributed by atoms with van der Waals surface area (Å²) in [5, 5.41) is 0. The third-order valence-electron chi connectivity index (χ3n) is 0. The fourth-order valence-electron chi connectivity index (χ4n) is 0. The van der Waals surface area contributed by atoms with Crippen molar-refractivity contribution in [2.45, 2.75) is 0 Å². The van der Waals surface area contributed by atoms with E-state index in [-0.39, 0.29) is 0 Å². The Bertz CT molecular complexity index is 1500. The standard InChI is InChI=1S/Fe.10S. The quantitative estimate of drug-likeness (QED) is 0.429. The molecule has 0 aromatic rings. The zero-order valence-corrected chi connectivity index (χ0v) is 13.7. The summed E-state index contributed by atoms with van der Waals surface area (Å²) in [5.41, 5.74) is 0. The van der Waals surface area contributed by atoms with Gasteiger partial charge in [0.05, 0.1) is 0 Å². The molecule has 0 atom stereocenters. The summed E-state index contributed by atoms with van der Waals surface area (Å²) in [7, 11) is 45.1. The van der Waals surface area contributed by atoms with Gasteiger partial charge in [0.25, 0.3) is 0 Å². The van der Waals surface area contributed by atoms with Gasteiger partial charge in [0, 0.05) is 0 Å². The molecule has 0 aliphatic carbocycles. The van der Waals surface area contributed by atoms with Crippen molar-refractivity contribution < 1.29 is -9.78 Å². The summed E-state index contributed by atoms with van der Waals surface area (Å²) in [6, 6.07) is 0. The average Bonchev–Trinajstić information content (AvgIpc) is 0.439. The van der Waals surface area contributed by atoms with Crippen LogP contribution in [0.5, 0.6) is 0 Å². The summed E-state index contributed by atoms with van der Waals surface area (Å²) in [5.74, 6) is 0. The molecule has 0 aliphatic rings. The first-order valence-corrected chi connectivity index (χ1v) is 17.9. The summed E-state index contributed by atoms with van der Waals surface area (Å²) in [4.78, 5) is 0. The van der Waals surface area contributed by atoms with E-state index >= 15 is 0 Å². The Hall–Kier alpha value is 2.72. The van der Waals surface area contributed by atoms with Gasteiger partial charge in [-0.1, -0.05) is 0 Å². The van der Waals surface area contributed by atoms with Crippen molar-refractivity contribution in [1.29, 1.82) is 0 Å². The van der Waals surface area contributed by atoms with Gasteiger partial charge >= 0.3 is 95.7 Å². The third kappa shape index (κ3) is 198. The van der Waals surface area contributed by atoms with E-state index in [0.717, 1.165) is 0 Å². The van der Waals surface area contributed by atoms with E-state index in [4.69, 9.17) is 0 Å². The van der Waals surface area contributed by atoms with Crippen LogP contribution in [0.25, 0.3) is 0 Å². The number of rotatable bonds is 0. The Morgan fingerprint density at radius 3 is 0.364 bits per heavy atom. The summed E-state index contributed by atoms with van der Waals surface area (Å²) >= 11 is 0. The second kappa shape index (κ2) is 0.767. The van der Waals surface area contributed by atoms with E-state index < -0.39 is -9.78 Å². The topological polar surface area (TPSA) is 0 Å². The third-order valence-corrected chi connectivity index (χ3v) is 0. The molecule has 11 heavy (non-hydrogen) atoms. The van der Waals surface area contributed by atoms with Gasteiger partial charge in [0.15, 0.2) is 0 Å². The van der Waals surface area contributed by atoms with E-state index in [0.29, 0.717) is 0 Å². The molecule has 11 heteroatoms. The fraction of sp³-hybridized carbons (Fsp3) is 0. The van der Waals surface area contributed by atoms with Crippen LogP contribution in [-0.2, 0) is -9.78 Å². The Kier molecular flexibility index (Phi) is 0.957. The van der Waals surface area contributed by atoms with Crippen molar-refractivity contribution in [1.82, 2.24) is 0 Å². The zero-order chi connectivity index (χ0) is 10.3. The molecule has 0 aromatic carbocycles. The maximum absolute atomic E-state index is 8.12. The van der Waals surface area contributed by atoms with E-state index in [1.165, 1.54) is 0 Å². The van der Waals surface area contributed by atoms with Crippen molar-refractivity contribution in [3.05, 3.63) is 0 Å². The second-order valence-electron chi connectivity index (χ2n) is 2.65. The molecule has 0 spiro atoms. The first-order chi connectivity index (χ1) is 3.16. The zero-order valence-electron chi connectivity index (χ0n) is 4.44. The summed E-state index contributed by atoms with van der Waals surface area (Å²) in [6.07, 6.45) is 0. The van der Waals surface area contributed by atoms with Gasteiger partial charge in [0.1, 0.15) is 0 Å². The fourth-order valence-corrected chi connectivity index (χ4v) is 0. The molecule has 0 aromatic heterocycles. The molecule has 0 aliphatic heterocycles. The van der Waals surface area contributed by atoms with Crippen molar-refractivity contribution in [2.75, 3.05) is 0 Å². The molecule has 0 bridgehead atoms. The van der Waals surface area contributed by atoms with Crippen LogP contribution in [0.15, 0.2) is 0 Å². The van der Waals surface area contributed by atoms with Crippen molar-refractivity contribution >= 4 is 106 Å². The van der Waals surface area contributed by atoms with Gasteiger partial charge in [-0.3, -0.25) is 0 Å². The SMILES string of the molecule is [S]=[Fe](=[S])(=[S])(=[S])(=[S])(=[S])(=[S])(=[S])(=[S])=[S]. The van der Waals surface area contributed by atoms with E-state index in [2.05, 4.69) is 106 Å². The Morgan fingerprint density at radius 2 is 0.364 bits per heavy atom. The molecule has 0 rings (SSSR count). The Labute approximate surface area is 93.6 Å². The van der Waals surface area contributed by atoms with Gasteiger partial charge in [0.2, 0.25) is 0 Å². The number of hydrogen-bond donors (Lipinski definition) is 0. The maximum atomic E-state index is 4.51. The molecule has 0 amide bonds. The van der Waals surface area contributed by atoms with Crippen LogP contribution in [0.2, 0.25) is 0 Å². The molecule has 68 valence electrons. The van der Waals surface area contributed by atoms with Gasteiger partial charge in [-0.15, -0.1) is 0 Å². The first-order valence-electron chi connectivity index (χ1n) is 1.44. The Balaban J connectivity index is 14.5. The molecular formula is FeS10. The van der Waals surface area contributed by atoms with Crippen molar-refractivity contribution in [3.8, 4) is 0 Å². The predicted molar refractivity (Wildman–Crippen MR) is 75.9 cm³/mol. The molecule has 0 nitrogen and oxygen atoms in total. The minimum atomic E-state index is -8.12. The van der Waals surface area contributed by atoms with E-state index in [9.17, 15) is 0 Å². The van der Waals surface area contributed by atoms with Crippen LogP contribution in [0.3, 0.4) is 0 Å². The average molecular weight is 377 g/mol. The van der Waals surface area contributed by atoms with Gasteiger partial charge in [-0.05, 0) is 0 Å². The van der Waals surface area contributed by atoms with Crippen LogP contribution < -0.4 is 0 Å². The monoisotopic (exact) mass is 376 g/mol. The normalized spacial score (nSPS) is 29.1. The van der Waals surface area contributed by atoms with Crippen LogP contribution in [-0.4, -0.2) is 0 Å². The molecule has 0 saturated carbocycles. The van der Waals surface area contributed by atoms with E-state index in [1.807, 2.05) is 0 Å². The van der Waals surface area contributed by atoms with Crippen molar-refractivity contribution in [2.24, 2.45) is 0 Å². The summed E-state index contributed by atoms with van der Waals surface area (Å²) in [6.45, 7) is 0. The molecule has 0 N–H and O–H groups in total. The second-order valence-corrected chi connectivity index (χ2v) is 98.4. The van der Waals surface area contributed by atoms with E-state index in [1.54, 1.807) is 0 Å². The molecule has 0 radical (unpaired) electrons. The van der Waals surface area contributed by atoms with Gasteiger partial charge in [-0.25, -0.2) is 0 Å². The van der Waals surface area contributed by atoms with Crippen molar-refractivity contribution in [3.63, 3.8) is 0 Å². The summed E-state index contributed by atoms with van der Waals surface area (Å²) < 4.78 is -8.12. The van der Waals surface area contributed by atoms with Gasteiger partial charge in [-0.2, -0.15) is 0 Å². The van der Waals surface area contributed by atoms with Crippen LogP contribution in [0.1, 0.15) is 0 Å². The molecule has 0 saturated heterocycles. The van der Waals surface area contributed by atoms with Crippen LogP contribution >= 0.6 is 106 Å². The van der Waals surface area contributed by atoms with Crippen LogP contribution in [0, 0.1) is 0 Å². The van der Waals surface area contributed by atoms with Crippen LogP contribution in [0.4, 0.5) is 0 Å². The molecular weight excluding hydrogens is 377 g/mol. The molecule has 0 unspecified atom stereocenters.